The molecule has 0 spiro atoms. The van der Waals surface area contributed by atoms with Gasteiger partial charge in [-0.15, -0.1) is 0 Å². The van der Waals surface area contributed by atoms with Crippen molar-refractivity contribution in [2.45, 2.75) is 13.8 Å². The Morgan fingerprint density at radius 2 is 1.88 bits per heavy atom. The molecular weight excluding hydrogens is 300 g/mol. The van der Waals surface area contributed by atoms with Crippen molar-refractivity contribution in [1.82, 2.24) is 15.6 Å². The molecule has 5 heteroatoms. The van der Waals surface area contributed by atoms with Gasteiger partial charge in [0.2, 0.25) is 0 Å². The number of H-pyrrole nitrogens is 1. The minimum atomic E-state index is -0.329. The van der Waals surface area contributed by atoms with Crippen molar-refractivity contribution in [1.29, 1.82) is 0 Å². The van der Waals surface area contributed by atoms with E-state index < -0.39 is 0 Å². The second-order valence-corrected chi connectivity index (χ2v) is 5.65. The van der Waals surface area contributed by atoms with Gasteiger partial charge in [0.25, 0.3) is 5.91 Å². The molecule has 0 unspecified atom stereocenters. The Kier molecular flexibility index (Phi) is 4.52. The molecule has 1 aromatic heterocycles. The molecule has 0 fully saturated rings. The molecule has 2 aromatic carbocycles. The Bertz CT molecular complexity index is 878. The van der Waals surface area contributed by atoms with E-state index in [1.165, 1.54) is 5.56 Å². The fraction of sp³-hybridized carbons (Fsp3) is 0.105. The highest BCUT2D eigenvalue weighted by atomic mass is 16.2. The van der Waals surface area contributed by atoms with E-state index in [9.17, 15) is 4.79 Å². The van der Waals surface area contributed by atoms with Crippen LogP contribution in [0.5, 0.6) is 0 Å². The molecule has 120 valence electrons. The molecule has 0 saturated heterocycles. The normalized spacial score (nSPS) is 10.9. The number of carbonyl (C=O) groups is 1. The molecule has 24 heavy (non-hydrogen) atoms. The Morgan fingerprint density at radius 3 is 2.62 bits per heavy atom. The average Bonchev–Trinajstić information content (AvgIpc) is 3.05. The van der Waals surface area contributed by atoms with Crippen LogP contribution >= 0.6 is 0 Å². The zero-order valence-electron chi connectivity index (χ0n) is 13.6. The van der Waals surface area contributed by atoms with Gasteiger partial charge < -0.3 is 0 Å². The van der Waals surface area contributed by atoms with Gasteiger partial charge in [0, 0.05) is 5.56 Å². The van der Waals surface area contributed by atoms with Crippen LogP contribution in [0.4, 0.5) is 0 Å². The second kappa shape index (κ2) is 6.91. The Balaban J connectivity index is 1.66. The molecule has 0 radical (unpaired) electrons. The highest BCUT2D eigenvalue weighted by molar-refractivity contribution is 5.94. The molecule has 1 heterocycles. The van der Waals surface area contributed by atoms with E-state index in [1.807, 2.05) is 62.4 Å². The van der Waals surface area contributed by atoms with Crippen LogP contribution in [0.1, 0.15) is 27.2 Å². The van der Waals surface area contributed by atoms with Crippen LogP contribution < -0.4 is 5.43 Å². The summed E-state index contributed by atoms with van der Waals surface area (Å²) in [6.07, 6.45) is 1.61. The van der Waals surface area contributed by atoms with Gasteiger partial charge in [-0.05, 0) is 25.5 Å². The summed E-state index contributed by atoms with van der Waals surface area (Å²) >= 11 is 0. The van der Waals surface area contributed by atoms with Gasteiger partial charge in [-0.2, -0.15) is 10.2 Å². The first-order valence-electron chi connectivity index (χ1n) is 7.64. The molecule has 0 aliphatic carbocycles. The number of nitrogens with one attached hydrogen (secondary N) is 2. The predicted molar refractivity (Wildman–Crippen MR) is 95.0 cm³/mol. The van der Waals surface area contributed by atoms with Crippen molar-refractivity contribution in [3.8, 4) is 11.3 Å². The Labute approximate surface area is 140 Å². The number of amides is 1. The summed E-state index contributed by atoms with van der Waals surface area (Å²) in [4.78, 5) is 12.1. The topological polar surface area (TPSA) is 70.1 Å². The third kappa shape index (κ3) is 3.76. The molecular formula is C19H18N4O. The van der Waals surface area contributed by atoms with Crippen molar-refractivity contribution in [3.63, 3.8) is 0 Å². The number of aryl methyl sites for hydroxylation is 2. The van der Waals surface area contributed by atoms with Crippen LogP contribution in [0.15, 0.2) is 59.7 Å². The van der Waals surface area contributed by atoms with Gasteiger partial charge >= 0.3 is 0 Å². The molecule has 0 aliphatic rings. The fourth-order valence-corrected chi connectivity index (χ4v) is 2.29. The number of benzene rings is 2. The molecule has 2 N–H and O–H groups in total. The first-order chi connectivity index (χ1) is 11.6. The third-order valence-electron chi connectivity index (χ3n) is 3.59. The van der Waals surface area contributed by atoms with E-state index in [-0.39, 0.29) is 5.91 Å². The lowest BCUT2D eigenvalue weighted by Crippen LogP contribution is -2.18. The van der Waals surface area contributed by atoms with Crippen LogP contribution in [0.25, 0.3) is 11.3 Å². The van der Waals surface area contributed by atoms with Gasteiger partial charge in [0.15, 0.2) is 0 Å². The smallest absolute Gasteiger partial charge is 0.272 e. The van der Waals surface area contributed by atoms with Crippen LogP contribution in [-0.2, 0) is 0 Å². The zero-order chi connectivity index (χ0) is 16.9. The number of hydrazone groups is 1. The van der Waals surface area contributed by atoms with Crippen LogP contribution in [-0.4, -0.2) is 22.3 Å². The van der Waals surface area contributed by atoms with E-state index in [0.717, 1.165) is 22.4 Å². The lowest BCUT2D eigenvalue weighted by molar-refractivity contribution is 0.0950. The zero-order valence-corrected chi connectivity index (χ0v) is 13.6. The third-order valence-corrected chi connectivity index (χ3v) is 3.59. The monoisotopic (exact) mass is 318 g/mol. The summed E-state index contributed by atoms with van der Waals surface area (Å²) in [7, 11) is 0. The van der Waals surface area contributed by atoms with Gasteiger partial charge in [-0.1, -0.05) is 59.7 Å². The molecule has 0 bridgehead atoms. The largest absolute Gasteiger partial charge is 0.289 e. The predicted octanol–water partition coefficient (Wildman–Crippen LogP) is 3.46. The lowest BCUT2D eigenvalue weighted by Gasteiger charge is -1.97. The molecule has 5 nitrogen and oxygen atoms in total. The van der Waals surface area contributed by atoms with E-state index in [4.69, 9.17) is 0 Å². The molecule has 0 aliphatic heterocycles. The number of hydrogen-bond acceptors (Lipinski definition) is 3. The summed E-state index contributed by atoms with van der Waals surface area (Å²) in [6.45, 7) is 4.03. The number of carbonyl (C=O) groups excluding carboxylic acids is 1. The number of rotatable bonds is 4. The highest BCUT2D eigenvalue weighted by Crippen LogP contribution is 2.18. The van der Waals surface area contributed by atoms with Crippen molar-refractivity contribution < 1.29 is 4.79 Å². The quantitative estimate of drug-likeness (QED) is 0.571. The minimum Gasteiger partial charge on any atom is -0.272 e. The van der Waals surface area contributed by atoms with E-state index in [2.05, 4.69) is 20.7 Å². The van der Waals surface area contributed by atoms with Crippen molar-refractivity contribution in [2.24, 2.45) is 5.10 Å². The van der Waals surface area contributed by atoms with E-state index >= 15 is 0 Å². The SMILES string of the molecule is Cc1ccc(-c2cc(C(=O)N/N=C\c3cccc(C)c3)[nH]n2)cc1. The highest BCUT2D eigenvalue weighted by Gasteiger charge is 2.10. The molecule has 1 amide bonds. The maximum absolute atomic E-state index is 12.1. The molecule has 0 atom stereocenters. The fourth-order valence-electron chi connectivity index (χ4n) is 2.29. The van der Waals surface area contributed by atoms with Gasteiger partial charge in [0.1, 0.15) is 5.69 Å². The number of hydrogen-bond donors (Lipinski definition) is 2. The minimum absolute atomic E-state index is 0.329. The van der Waals surface area contributed by atoms with Crippen molar-refractivity contribution in [2.75, 3.05) is 0 Å². The van der Waals surface area contributed by atoms with E-state index in [1.54, 1.807) is 12.3 Å². The van der Waals surface area contributed by atoms with Gasteiger partial charge in [0.05, 0.1) is 11.9 Å². The summed E-state index contributed by atoms with van der Waals surface area (Å²) in [5, 5.41) is 10.9. The van der Waals surface area contributed by atoms with E-state index in [0.29, 0.717) is 5.69 Å². The summed E-state index contributed by atoms with van der Waals surface area (Å²) in [5.74, 6) is -0.329. The summed E-state index contributed by atoms with van der Waals surface area (Å²) in [5.41, 5.74) is 7.80. The van der Waals surface area contributed by atoms with Crippen molar-refractivity contribution in [3.05, 3.63) is 77.0 Å². The van der Waals surface area contributed by atoms with Gasteiger partial charge in [-0.25, -0.2) is 5.43 Å². The standard InChI is InChI=1S/C19H18N4O/c1-13-6-8-16(9-7-13)17-11-18(22-21-17)19(24)23-20-12-15-5-3-4-14(2)10-15/h3-12H,1-2H3,(H,21,22)(H,23,24)/b20-12-. The Morgan fingerprint density at radius 1 is 1.08 bits per heavy atom. The molecule has 3 aromatic rings. The lowest BCUT2D eigenvalue weighted by atomic mass is 10.1. The summed E-state index contributed by atoms with van der Waals surface area (Å²) in [6, 6.07) is 17.5. The number of aromatic amines is 1. The Hall–Kier alpha value is -3.21. The first-order valence-corrected chi connectivity index (χ1v) is 7.64. The summed E-state index contributed by atoms with van der Waals surface area (Å²) < 4.78 is 0. The molecule has 0 saturated carbocycles. The number of aromatic nitrogens is 2. The molecule has 3 rings (SSSR count). The number of nitrogens with zero attached hydrogens (tertiary/aromatic N) is 2. The maximum Gasteiger partial charge on any atom is 0.289 e. The van der Waals surface area contributed by atoms with Gasteiger partial charge in [-0.3, -0.25) is 9.89 Å². The maximum atomic E-state index is 12.1. The van der Waals surface area contributed by atoms with Crippen LogP contribution in [0.3, 0.4) is 0 Å². The average molecular weight is 318 g/mol. The van der Waals surface area contributed by atoms with Crippen LogP contribution in [0.2, 0.25) is 0 Å². The van der Waals surface area contributed by atoms with Crippen LogP contribution in [0, 0.1) is 13.8 Å². The first kappa shape index (κ1) is 15.7. The van der Waals surface area contributed by atoms with Crippen molar-refractivity contribution >= 4 is 12.1 Å². The second-order valence-electron chi connectivity index (χ2n) is 5.65.